The fraction of sp³-hybridized carbons (Fsp3) is 0.273. The molecule has 8 aromatic rings. The standard InChI is InChI=1S/C23H17F3N4O8.C23H21F3N4O4.C21H13F3N4O8.C21H17F3N4O4/c1-10-8-13(29(35)36)4-6-16(10)27-18(31)11(2)22(20(27)33)12(3)19(32)28(21(22)34)17-7-5-14(30(37)38)9-15(17)23(24,25)26;1-10-8-13(27)4-6-16(10)29-18(31)11(2)22(20(29)33)12(3)19(32)30(21(22)34)17-7-5-14(28)9-15(17)23(24,25)26;1-10-6-11(27(33)34)2-4-14(10)25-16(29)8-20(18(25)31)9-17(30)26(19(20)32)15-5-3-12(28(35)36)7-13(15)21(22,23)24;1-10-6-11(25)2-4-14(10)27-16(29)8-20(18(27)31)9-17(30)28(19(20)32)15-5-3-12(26)7-13(15)21(22,23)24/h4-9,11-12H,1-3H3;4-9,11-12H,27-28H2,1-3H3;2-7H,8-9H2,1H3;2-7H,8-9,25-26H2,1H3/t2*11?,12-,22-;2*20-/m0000/s1. The third-order valence-corrected chi connectivity index (χ3v) is 25.4. The van der Waals surface area contributed by atoms with Gasteiger partial charge in [-0.25, -0.2) is 39.2 Å². The van der Waals surface area contributed by atoms with E-state index in [0.29, 0.717) is 78.5 Å². The van der Waals surface area contributed by atoms with Crippen molar-refractivity contribution in [2.45, 2.75) is 106 Å². The number of nitro benzene ring substituents is 4. The van der Waals surface area contributed by atoms with Crippen LogP contribution in [-0.4, -0.2) is 114 Å². The SMILES string of the molecule is Cc1cc(N)ccc1N1C(=O)C(C)[C@]2(C1=O)C(=O)N(c1ccc(N)cc1C(F)(F)F)C(=O)[C@@H]2C.Cc1cc(N)ccc1N1C(=O)C[C@]2(CC(=O)N(c3ccc(N)cc3C(F)(F)F)C2=O)C1=O.Cc1cc([N+](=O)[O-])ccc1N1C(=O)C(C)[C@]2(C1=O)C(=O)N(c1ccc([N+](=O)[O-])cc1C(F)(F)F)C(=O)[C@@H]2C.Cc1cc([N+](=O)[O-])ccc1N1C(=O)C[C@]2(CC(=O)N(c3ccc([N+](=O)[O-])cc3C(F)(F)F)C2=O)C1=O. The highest BCUT2D eigenvalue weighted by Gasteiger charge is 2.75. The van der Waals surface area contributed by atoms with Gasteiger partial charge in [-0.3, -0.25) is 117 Å². The van der Waals surface area contributed by atoms with E-state index in [-0.39, 0.29) is 78.6 Å². The number of benzene rings is 8. The highest BCUT2D eigenvalue weighted by atomic mass is 19.4. The number of carbonyl (C=O) groups excluding carboxylic acids is 16. The van der Waals surface area contributed by atoms with Crippen LogP contribution < -0.4 is 62.1 Å². The summed E-state index contributed by atoms with van der Waals surface area (Å²) in [6, 6.07) is 23.4. The van der Waals surface area contributed by atoms with E-state index in [4.69, 9.17) is 22.9 Å². The lowest BCUT2D eigenvalue weighted by atomic mass is 9.70. The van der Waals surface area contributed by atoms with Crippen LogP contribution in [0.5, 0.6) is 0 Å². The molecule has 0 aromatic heterocycles. The van der Waals surface area contributed by atoms with Gasteiger partial charge in [0.2, 0.25) is 47.3 Å². The number of carbonyl (C=O) groups is 16. The summed E-state index contributed by atoms with van der Waals surface area (Å²) in [5.41, 5.74) is 3.20. The lowest BCUT2D eigenvalue weighted by Gasteiger charge is -2.26. The number of hydrogen-bond donors (Lipinski definition) is 4. The maximum atomic E-state index is 13.8. The molecule has 8 saturated heterocycles. The van der Waals surface area contributed by atoms with Crippen LogP contribution in [0.4, 0.5) is 144 Å². The lowest BCUT2D eigenvalue weighted by Crippen LogP contribution is -2.46. The first-order valence-corrected chi connectivity index (χ1v) is 40.8. The van der Waals surface area contributed by atoms with Crippen molar-refractivity contribution in [2.24, 2.45) is 45.3 Å². The smallest absolute Gasteiger partial charge is 0.399 e. The van der Waals surface area contributed by atoms with Gasteiger partial charge in [0, 0.05) is 71.3 Å². The molecule has 2 unspecified atom stereocenters. The third kappa shape index (κ3) is 15.9. The van der Waals surface area contributed by atoms with Crippen molar-refractivity contribution in [2.75, 3.05) is 62.1 Å². The van der Waals surface area contributed by atoms with E-state index in [2.05, 4.69) is 0 Å². The topological polar surface area (TPSA) is 576 Å². The normalized spacial score (nSPS) is 22.6. The van der Waals surface area contributed by atoms with E-state index in [9.17, 15) is 170 Å². The summed E-state index contributed by atoms with van der Waals surface area (Å²) in [4.78, 5) is 256. The number of halogens is 12. The number of hydrogen-bond acceptors (Lipinski definition) is 28. The Morgan fingerprint density at radius 3 is 0.671 bits per heavy atom. The fourth-order valence-corrected chi connectivity index (χ4v) is 18.5. The van der Waals surface area contributed by atoms with Crippen LogP contribution in [0.15, 0.2) is 146 Å². The van der Waals surface area contributed by atoms with Gasteiger partial charge >= 0.3 is 24.7 Å². The number of nitrogens with zero attached hydrogens (tertiary/aromatic N) is 12. The molecule has 52 heteroatoms. The molecular formula is C88H68F12N16O24. The van der Waals surface area contributed by atoms with Crippen molar-refractivity contribution in [3.8, 4) is 0 Å². The Morgan fingerprint density at radius 1 is 0.264 bits per heavy atom. The molecule has 8 aromatic carbocycles. The molecule has 728 valence electrons. The molecule has 40 nitrogen and oxygen atoms in total. The molecule has 8 fully saturated rings. The minimum absolute atomic E-state index is 0.0857. The van der Waals surface area contributed by atoms with Crippen LogP contribution in [0.3, 0.4) is 0 Å². The summed E-state index contributed by atoms with van der Waals surface area (Å²) in [5.74, 6) is -22.9. The van der Waals surface area contributed by atoms with Crippen molar-refractivity contribution in [1.29, 1.82) is 0 Å². The summed E-state index contributed by atoms with van der Waals surface area (Å²) < 4.78 is 164. The Bertz CT molecular complexity index is 6990. The van der Waals surface area contributed by atoms with Gasteiger partial charge in [-0.05, 0) is 147 Å². The predicted octanol–water partition coefficient (Wildman–Crippen LogP) is 11.9. The van der Waals surface area contributed by atoms with E-state index in [1.807, 2.05) is 0 Å². The van der Waals surface area contributed by atoms with Crippen molar-refractivity contribution < 1.29 is 149 Å². The van der Waals surface area contributed by atoms with Crippen molar-refractivity contribution >= 4 is 186 Å². The molecule has 8 aliphatic rings. The Labute approximate surface area is 775 Å². The summed E-state index contributed by atoms with van der Waals surface area (Å²) in [6.07, 6.45) is -23.3. The van der Waals surface area contributed by atoms with Gasteiger partial charge in [0.1, 0.15) is 10.8 Å². The Balaban J connectivity index is 0.000000157. The monoisotopic (exact) mass is 1960 g/mol. The first-order valence-electron chi connectivity index (χ1n) is 40.8. The number of amides is 16. The third-order valence-electron chi connectivity index (χ3n) is 25.4. The van der Waals surface area contributed by atoms with Gasteiger partial charge < -0.3 is 22.9 Å². The number of anilines is 12. The van der Waals surface area contributed by atoms with Crippen LogP contribution in [0.25, 0.3) is 0 Å². The number of rotatable bonds is 12. The number of alkyl halides is 12. The zero-order chi connectivity index (χ0) is 104. The second kappa shape index (κ2) is 34.6. The minimum atomic E-state index is -5.22. The van der Waals surface area contributed by atoms with Crippen LogP contribution in [0.2, 0.25) is 0 Å². The van der Waals surface area contributed by atoms with Crippen LogP contribution >= 0.6 is 0 Å². The Kier molecular flexibility index (Phi) is 24.8. The van der Waals surface area contributed by atoms with Gasteiger partial charge in [0.15, 0.2) is 10.8 Å². The van der Waals surface area contributed by atoms with E-state index in [1.54, 1.807) is 13.8 Å². The van der Waals surface area contributed by atoms with Gasteiger partial charge in [-0.2, -0.15) is 52.7 Å². The second-order valence-corrected chi connectivity index (χ2v) is 33.6. The number of nitrogens with two attached hydrogens (primary N) is 4. The first kappa shape index (κ1) is 100. The molecule has 8 N–H and O–H groups in total. The zero-order valence-electron chi connectivity index (χ0n) is 73.0. The molecule has 8 heterocycles. The Morgan fingerprint density at radius 2 is 0.443 bits per heavy atom. The molecule has 0 aliphatic carbocycles. The van der Waals surface area contributed by atoms with E-state index in [0.717, 1.165) is 77.4 Å². The largest absolute Gasteiger partial charge is 0.418 e. The highest BCUT2D eigenvalue weighted by molar-refractivity contribution is 6.43. The zero-order valence-corrected chi connectivity index (χ0v) is 73.0. The van der Waals surface area contributed by atoms with E-state index >= 15 is 0 Å². The summed E-state index contributed by atoms with van der Waals surface area (Å²) >= 11 is 0. The molecule has 8 aliphatic heterocycles. The van der Waals surface area contributed by atoms with Gasteiger partial charge in [0.05, 0.1) is 137 Å². The molecule has 4 spiro atoms. The number of non-ortho nitro benzene ring substituents is 4. The quantitative estimate of drug-likeness (QED) is 0.0220. The molecule has 8 atom stereocenters. The molecule has 16 rings (SSSR count). The van der Waals surface area contributed by atoms with Crippen molar-refractivity contribution in [3.63, 3.8) is 0 Å². The average Bonchev–Trinajstić information content (AvgIpc) is 1.53. The molecule has 16 amide bonds. The van der Waals surface area contributed by atoms with E-state index < -0.39 is 266 Å². The number of aryl methyl sites for hydroxylation is 4. The van der Waals surface area contributed by atoms with Crippen LogP contribution in [0, 0.1) is 113 Å². The number of nitro groups is 4. The number of nitrogen functional groups attached to an aromatic ring is 4. The minimum Gasteiger partial charge on any atom is -0.399 e. The maximum Gasteiger partial charge on any atom is 0.418 e. The average molecular weight is 1960 g/mol. The van der Waals surface area contributed by atoms with Gasteiger partial charge in [0.25, 0.3) is 70.0 Å². The van der Waals surface area contributed by atoms with Crippen molar-refractivity contribution in [3.05, 3.63) is 231 Å². The molecule has 0 bridgehead atoms. The van der Waals surface area contributed by atoms with Crippen LogP contribution in [0.1, 0.15) is 97.9 Å². The van der Waals surface area contributed by atoms with Gasteiger partial charge in [-0.1, -0.05) is 27.7 Å². The maximum absolute atomic E-state index is 13.8. The van der Waals surface area contributed by atoms with Crippen LogP contribution in [-0.2, 0) is 101 Å². The molecule has 0 saturated carbocycles. The first-order chi connectivity index (χ1) is 64.8. The Hall–Kier alpha value is -17.2. The molecule has 0 radical (unpaired) electrons. The second-order valence-electron chi connectivity index (χ2n) is 33.6. The lowest BCUT2D eigenvalue weighted by molar-refractivity contribution is -0.385. The predicted molar refractivity (Wildman–Crippen MR) is 460 cm³/mol. The van der Waals surface area contributed by atoms with Crippen molar-refractivity contribution in [1.82, 2.24) is 0 Å². The molecule has 140 heavy (non-hydrogen) atoms. The highest BCUT2D eigenvalue weighted by Crippen LogP contribution is 2.59. The van der Waals surface area contributed by atoms with Gasteiger partial charge in [-0.15, -0.1) is 0 Å². The molecular weight excluding hydrogens is 1890 g/mol. The fourth-order valence-electron chi connectivity index (χ4n) is 18.5. The summed E-state index contributed by atoms with van der Waals surface area (Å²) in [7, 11) is 0. The number of imide groups is 8. The van der Waals surface area contributed by atoms with E-state index in [1.165, 1.54) is 71.0 Å². The summed E-state index contributed by atoms with van der Waals surface area (Å²) in [6.45, 7) is 10.9. The summed E-state index contributed by atoms with van der Waals surface area (Å²) in [5, 5.41) is 44.0.